The van der Waals surface area contributed by atoms with Gasteiger partial charge in [0.25, 0.3) is 0 Å². The van der Waals surface area contributed by atoms with E-state index < -0.39 is 6.29 Å². The first kappa shape index (κ1) is 16.9. The Morgan fingerprint density at radius 2 is 1.94 bits per heavy atom. The van der Waals surface area contributed by atoms with Crippen LogP contribution in [0.15, 0.2) is 12.7 Å². The van der Waals surface area contributed by atoms with E-state index in [0.29, 0.717) is 26.3 Å². The quantitative estimate of drug-likeness (QED) is 0.508. The highest BCUT2D eigenvalue weighted by Crippen LogP contribution is 2.07. The van der Waals surface area contributed by atoms with Crippen molar-refractivity contribution in [3.05, 3.63) is 12.7 Å². The van der Waals surface area contributed by atoms with Gasteiger partial charge < -0.3 is 19.5 Å². The minimum absolute atomic E-state index is 0.0825. The third-order valence-electron chi connectivity index (χ3n) is 2.75. The summed E-state index contributed by atoms with van der Waals surface area (Å²) in [6.07, 6.45) is 0.865. The molecule has 1 amide bonds. The van der Waals surface area contributed by atoms with Crippen molar-refractivity contribution in [3.8, 4) is 0 Å². The fraction of sp³-hybridized carbons (Fsp3) is 0.769. The van der Waals surface area contributed by atoms with E-state index in [2.05, 4.69) is 6.58 Å². The Balaban J connectivity index is 3.99. The summed E-state index contributed by atoms with van der Waals surface area (Å²) in [5.41, 5.74) is 0. The third kappa shape index (κ3) is 6.61. The van der Waals surface area contributed by atoms with Crippen molar-refractivity contribution in [2.24, 2.45) is 5.92 Å². The summed E-state index contributed by atoms with van der Waals surface area (Å²) in [6, 6.07) is 0. The van der Waals surface area contributed by atoms with E-state index in [1.54, 1.807) is 4.90 Å². The van der Waals surface area contributed by atoms with E-state index in [4.69, 9.17) is 9.47 Å². The highest BCUT2D eigenvalue weighted by molar-refractivity contribution is 5.67. The molecule has 0 radical (unpaired) electrons. The van der Waals surface area contributed by atoms with Gasteiger partial charge in [0, 0.05) is 19.0 Å². The van der Waals surface area contributed by atoms with Crippen LogP contribution in [-0.4, -0.2) is 48.7 Å². The van der Waals surface area contributed by atoms with Crippen LogP contribution in [0.1, 0.15) is 27.2 Å². The molecule has 2 atom stereocenters. The molecule has 1 N–H and O–H groups in total. The van der Waals surface area contributed by atoms with E-state index in [9.17, 15) is 9.90 Å². The van der Waals surface area contributed by atoms with Crippen LogP contribution in [0.3, 0.4) is 0 Å². The Hall–Kier alpha value is -1.07. The highest BCUT2D eigenvalue weighted by Gasteiger charge is 2.15. The summed E-state index contributed by atoms with van der Waals surface area (Å²) in [5.74, 6) is 0.0825. The molecule has 0 aromatic rings. The Labute approximate surface area is 109 Å². The second-order valence-corrected chi connectivity index (χ2v) is 3.98. The fourth-order valence-corrected chi connectivity index (χ4v) is 1.35. The lowest BCUT2D eigenvalue weighted by Crippen LogP contribution is -2.33. The first-order chi connectivity index (χ1) is 8.58. The number of aliphatic hydroxyl groups is 1. The monoisotopic (exact) mass is 259 g/mol. The molecule has 0 aromatic heterocycles. The standard InChI is InChI=1S/C13H25NO4/c1-5-11(9-17-12(15)6-2)10-18-13(16)14(7-3)8-4/h6,11-12,15H,2,5,7-10H2,1,3-4H3. The molecule has 0 spiro atoms. The van der Waals surface area contributed by atoms with Gasteiger partial charge in [-0.1, -0.05) is 13.5 Å². The van der Waals surface area contributed by atoms with Gasteiger partial charge in [-0.15, -0.1) is 0 Å². The molecule has 2 unspecified atom stereocenters. The number of hydrogen-bond donors (Lipinski definition) is 1. The smallest absolute Gasteiger partial charge is 0.409 e. The van der Waals surface area contributed by atoms with Gasteiger partial charge in [0.15, 0.2) is 6.29 Å². The zero-order chi connectivity index (χ0) is 14.0. The Morgan fingerprint density at radius 3 is 2.39 bits per heavy atom. The normalized spacial score (nSPS) is 13.8. The molecular formula is C13H25NO4. The molecule has 0 bridgehead atoms. The van der Waals surface area contributed by atoms with E-state index in [-0.39, 0.29) is 12.0 Å². The van der Waals surface area contributed by atoms with Crippen LogP contribution in [0.25, 0.3) is 0 Å². The molecule has 0 saturated carbocycles. The van der Waals surface area contributed by atoms with Crippen LogP contribution in [0, 0.1) is 5.92 Å². The van der Waals surface area contributed by atoms with Crippen LogP contribution < -0.4 is 0 Å². The minimum Gasteiger partial charge on any atom is -0.449 e. The first-order valence-electron chi connectivity index (χ1n) is 6.42. The molecule has 5 heteroatoms. The predicted octanol–water partition coefficient (Wildman–Crippen LogP) is 2.01. The molecule has 0 aliphatic carbocycles. The average molecular weight is 259 g/mol. The SMILES string of the molecule is C=CC(O)OCC(CC)COC(=O)N(CC)CC. The van der Waals surface area contributed by atoms with Crippen molar-refractivity contribution in [2.45, 2.75) is 33.5 Å². The number of hydrogen-bond acceptors (Lipinski definition) is 4. The van der Waals surface area contributed by atoms with Crippen LogP contribution in [0.4, 0.5) is 4.79 Å². The minimum atomic E-state index is -0.961. The maximum Gasteiger partial charge on any atom is 0.409 e. The molecule has 0 rings (SSSR count). The van der Waals surface area contributed by atoms with Crippen molar-refractivity contribution < 1.29 is 19.4 Å². The van der Waals surface area contributed by atoms with Gasteiger partial charge in [-0.25, -0.2) is 4.79 Å². The number of nitrogens with zero attached hydrogens (tertiary/aromatic N) is 1. The molecule has 0 fully saturated rings. The molecule has 18 heavy (non-hydrogen) atoms. The zero-order valence-electron chi connectivity index (χ0n) is 11.6. The number of carbonyl (C=O) groups excluding carboxylic acids is 1. The number of aliphatic hydroxyl groups excluding tert-OH is 1. The Bertz CT molecular complexity index is 241. The number of amides is 1. The van der Waals surface area contributed by atoms with Crippen molar-refractivity contribution in [3.63, 3.8) is 0 Å². The average Bonchev–Trinajstić information content (AvgIpc) is 2.39. The van der Waals surface area contributed by atoms with Gasteiger partial charge in [0.05, 0.1) is 13.2 Å². The Kier molecular flexibility index (Phi) is 9.32. The van der Waals surface area contributed by atoms with Gasteiger partial charge in [0.2, 0.25) is 0 Å². The summed E-state index contributed by atoms with van der Waals surface area (Å²) in [5, 5.41) is 9.19. The van der Waals surface area contributed by atoms with Crippen LogP contribution in [0.5, 0.6) is 0 Å². The molecular weight excluding hydrogens is 234 g/mol. The first-order valence-corrected chi connectivity index (χ1v) is 6.42. The molecule has 0 aromatic carbocycles. The van der Waals surface area contributed by atoms with Gasteiger partial charge in [-0.2, -0.15) is 0 Å². The Morgan fingerprint density at radius 1 is 1.33 bits per heavy atom. The number of carbonyl (C=O) groups is 1. The van der Waals surface area contributed by atoms with E-state index in [0.717, 1.165) is 6.42 Å². The lowest BCUT2D eigenvalue weighted by molar-refractivity contribution is -0.0820. The lowest BCUT2D eigenvalue weighted by Gasteiger charge is -2.21. The second kappa shape index (κ2) is 9.91. The van der Waals surface area contributed by atoms with Crippen molar-refractivity contribution >= 4 is 6.09 Å². The summed E-state index contributed by atoms with van der Waals surface area (Å²) in [6.45, 7) is 11.1. The summed E-state index contributed by atoms with van der Waals surface area (Å²) in [7, 11) is 0. The lowest BCUT2D eigenvalue weighted by atomic mass is 10.1. The maximum absolute atomic E-state index is 11.6. The summed E-state index contributed by atoms with van der Waals surface area (Å²) in [4.78, 5) is 13.2. The number of ether oxygens (including phenoxy) is 2. The van der Waals surface area contributed by atoms with Crippen LogP contribution >= 0.6 is 0 Å². The van der Waals surface area contributed by atoms with Gasteiger partial charge in [-0.05, 0) is 26.3 Å². The number of rotatable bonds is 9. The van der Waals surface area contributed by atoms with Crippen LogP contribution in [-0.2, 0) is 9.47 Å². The van der Waals surface area contributed by atoms with Crippen LogP contribution in [0.2, 0.25) is 0 Å². The maximum atomic E-state index is 11.6. The molecule has 0 aliphatic rings. The highest BCUT2D eigenvalue weighted by atomic mass is 16.6. The fourth-order valence-electron chi connectivity index (χ4n) is 1.35. The van der Waals surface area contributed by atoms with Crippen molar-refractivity contribution in [1.82, 2.24) is 4.90 Å². The van der Waals surface area contributed by atoms with Crippen molar-refractivity contribution in [1.29, 1.82) is 0 Å². The van der Waals surface area contributed by atoms with Crippen molar-refractivity contribution in [2.75, 3.05) is 26.3 Å². The topological polar surface area (TPSA) is 59.0 Å². The molecule has 0 saturated heterocycles. The molecule has 0 aliphatic heterocycles. The van der Waals surface area contributed by atoms with Gasteiger partial charge >= 0.3 is 6.09 Å². The van der Waals surface area contributed by atoms with E-state index >= 15 is 0 Å². The van der Waals surface area contributed by atoms with Gasteiger partial charge in [0.1, 0.15) is 0 Å². The second-order valence-electron chi connectivity index (χ2n) is 3.98. The molecule has 0 heterocycles. The molecule has 5 nitrogen and oxygen atoms in total. The third-order valence-corrected chi connectivity index (χ3v) is 2.75. The summed E-state index contributed by atoms with van der Waals surface area (Å²) < 4.78 is 10.3. The summed E-state index contributed by atoms with van der Waals surface area (Å²) >= 11 is 0. The predicted molar refractivity (Wildman–Crippen MR) is 70.2 cm³/mol. The molecule has 106 valence electrons. The van der Waals surface area contributed by atoms with Gasteiger partial charge in [-0.3, -0.25) is 0 Å². The largest absolute Gasteiger partial charge is 0.449 e. The zero-order valence-corrected chi connectivity index (χ0v) is 11.6. The van der Waals surface area contributed by atoms with E-state index in [1.165, 1.54) is 6.08 Å². The van der Waals surface area contributed by atoms with E-state index in [1.807, 2.05) is 20.8 Å².